The molecule has 1 saturated heterocycles. The number of ether oxygens (including phenoxy) is 1. The van der Waals surface area contributed by atoms with Crippen LogP contribution in [0.3, 0.4) is 0 Å². The smallest absolute Gasteiger partial charge is 0.410 e. The molecule has 1 N–H and O–H groups in total. The van der Waals surface area contributed by atoms with Gasteiger partial charge in [0.15, 0.2) is 0 Å². The summed E-state index contributed by atoms with van der Waals surface area (Å²) in [5.74, 6) is -7.09. The molecule has 1 rings (SSSR count). The van der Waals surface area contributed by atoms with E-state index in [2.05, 4.69) is 6.58 Å². The van der Waals surface area contributed by atoms with E-state index in [9.17, 15) is 18.4 Å². The molecule has 102 valence electrons. The fraction of sp³-hybridized carbons (Fsp3) is 0.636. The highest BCUT2D eigenvalue weighted by molar-refractivity contribution is 5.75. The molecule has 0 aliphatic carbocycles. The van der Waals surface area contributed by atoms with E-state index >= 15 is 0 Å². The zero-order valence-electron chi connectivity index (χ0n) is 9.77. The van der Waals surface area contributed by atoms with Crippen molar-refractivity contribution >= 4 is 12.1 Å². The Morgan fingerprint density at radius 3 is 2.44 bits per heavy atom. The van der Waals surface area contributed by atoms with Crippen molar-refractivity contribution in [3.8, 4) is 0 Å². The first-order chi connectivity index (χ1) is 8.39. The van der Waals surface area contributed by atoms with Gasteiger partial charge in [-0.3, -0.25) is 0 Å². The van der Waals surface area contributed by atoms with Crippen molar-refractivity contribution in [1.82, 2.24) is 4.90 Å². The van der Waals surface area contributed by atoms with Crippen LogP contribution in [0.15, 0.2) is 12.7 Å². The molecule has 0 spiro atoms. The van der Waals surface area contributed by atoms with E-state index in [1.165, 1.54) is 11.0 Å². The number of carboxylic acid groups (broad SMARTS) is 1. The number of carbonyl (C=O) groups excluding carboxylic acids is 1. The topological polar surface area (TPSA) is 66.8 Å². The summed E-state index contributed by atoms with van der Waals surface area (Å²) in [7, 11) is 0. The number of likely N-dealkylation sites (tertiary alicyclic amines) is 1. The van der Waals surface area contributed by atoms with E-state index in [0.29, 0.717) is 0 Å². The predicted molar refractivity (Wildman–Crippen MR) is 58.4 cm³/mol. The van der Waals surface area contributed by atoms with Crippen LogP contribution in [0.4, 0.5) is 13.6 Å². The molecule has 0 aromatic carbocycles. The maximum absolute atomic E-state index is 13.2. The Hall–Kier alpha value is -1.66. The SMILES string of the molecule is C=CCOC(=O)N1CCC(C(F)(F)C(=O)O)CC1. The molecule has 5 nitrogen and oxygen atoms in total. The lowest BCUT2D eigenvalue weighted by molar-refractivity contribution is -0.175. The number of amides is 1. The molecule has 0 unspecified atom stereocenters. The maximum Gasteiger partial charge on any atom is 0.410 e. The molecule has 1 aliphatic heterocycles. The second-order valence-corrected chi connectivity index (χ2v) is 4.06. The zero-order valence-corrected chi connectivity index (χ0v) is 9.77. The lowest BCUT2D eigenvalue weighted by Crippen LogP contribution is -2.46. The Morgan fingerprint density at radius 2 is 2.00 bits per heavy atom. The Labute approximate surface area is 103 Å². The third kappa shape index (κ3) is 3.18. The van der Waals surface area contributed by atoms with Crippen molar-refractivity contribution < 1.29 is 28.2 Å². The Bertz CT molecular complexity index is 338. The largest absolute Gasteiger partial charge is 0.477 e. The highest BCUT2D eigenvalue weighted by atomic mass is 19.3. The molecular formula is C11H15F2NO4. The van der Waals surface area contributed by atoms with Gasteiger partial charge in [0.05, 0.1) is 0 Å². The van der Waals surface area contributed by atoms with E-state index in [1.54, 1.807) is 0 Å². The molecule has 18 heavy (non-hydrogen) atoms. The van der Waals surface area contributed by atoms with Gasteiger partial charge in [-0.2, -0.15) is 8.78 Å². The minimum Gasteiger partial charge on any atom is -0.477 e. The number of hydrogen-bond acceptors (Lipinski definition) is 3. The number of rotatable bonds is 4. The van der Waals surface area contributed by atoms with Crippen LogP contribution < -0.4 is 0 Å². The predicted octanol–water partition coefficient (Wildman–Crippen LogP) is 1.74. The van der Waals surface area contributed by atoms with Gasteiger partial charge in [0, 0.05) is 19.0 Å². The van der Waals surface area contributed by atoms with Crippen LogP contribution >= 0.6 is 0 Å². The molecule has 1 amide bonds. The molecule has 0 aromatic rings. The van der Waals surface area contributed by atoms with Crippen LogP contribution in [-0.2, 0) is 9.53 Å². The van der Waals surface area contributed by atoms with Gasteiger partial charge in [-0.25, -0.2) is 9.59 Å². The minimum absolute atomic E-state index is 0.0531. The van der Waals surface area contributed by atoms with Crippen LogP contribution in [0.1, 0.15) is 12.8 Å². The van der Waals surface area contributed by atoms with Crippen molar-refractivity contribution in [3.05, 3.63) is 12.7 Å². The second-order valence-electron chi connectivity index (χ2n) is 4.06. The summed E-state index contributed by atoms with van der Waals surface area (Å²) < 4.78 is 31.2. The summed E-state index contributed by atoms with van der Waals surface area (Å²) in [6.45, 7) is 3.59. The van der Waals surface area contributed by atoms with Crippen LogP contribution in [-0.4, -0.2) is 47.7 Å². The van der Waals surface area contributed by atoms with Crippen molar-refractivity contribution in [2.75, 3.05) is 19.7 Å². The number of nitrogens with zero attached hydrogens (tertiary/aromatic N) is 1. The number of aliphatic carboxylic acids is 1. The van der Waals surface area contributed by atoms with Gasteiger partial charge in [-0.1, -0.05) is 12.7 Å². The van der Waals surface area contributed by atoms with E-state index in [-0.39, 0.29) is 32.5 Å². The number of halogens is 2. The quantitative estimate of drug-likeness (QED) is 0.784. The van der Waals surface area contributed by atoms with Crippen molar-refractivity contribution in [2.24, 2.45) is 5.92 Å². The van der Waals surface area contributed by atoms with E-state index in [0.717, 1.165) is 0 Å². The first-order valence-corrected chi connectivity index (χ1v) is 5.53. The molecule has 0 radical (unpaired) electrons. The fourth-order valence-corrected chi connectivity index (χ4v) is 1.82. The number of piperidine rings is 1. The molecule has 1 aliphatic rings. The normalized spacial score (nSPS) is 17.3. The van der Waals surface area contributed by atoms with Gasteiger partial charge < -0.3 is 14.7 Å². The Kier molecular flexibility index (Phi) is 4.63. The summed E-state index contributed by atoms with van der Waals surface area (Å²) in [6.07, 6.45) is 0.709. The molecule has 0 bridgehead atoms. The molecule has 0 aromatic heterocycles. The molecular weight excluding hydrogens is 248 g/mol. The number of carbonyl (C=O) groups is 2. The van der Waals surface area contributed by atoms with Crippen molar-refractivity contribution in [2.45, 2.75) is 18.8 Å². The molecule has 0 saturated carbocycles. The Balaban J connectivity index is 2.48. The van der Waals surface area contributed by atoms with Crippen molar-refractivity contribution in [3.63, 3.8) is 0 Å². The first-order valence-electron chi connectivity index (χ1n) is 5.53. The van der Waals surface area contributed by atoms with Crippen LogP contribution in [0.2, 0.25) is 0 Å². The van der Waals surface area contributed by atoms with Crippen LogP contribution in [0.5, 0.6) is 0 Å². The summed E-state index contributed by atoms with van der Waals surface area (Å²) in [5, 5.41) is 8.42. The molecule has 7 heteroatoms. The van der Waals surface area contributed by atoms with E-state index in [4.69, 9.17) is 9.84 Å². The highest BCUT2D eigenvalue weighted by Crippen LogP contribution is 2.33. The average Bonchev–Trinajstić information content (AvgIpc) is 2.35. The number of hydrogen-bond donors (Lipinski definition) is 1. The van der Waals surface area contributed by atoms with Gasteiger partial charge in [0.1, 0.15) is 6.61 Å². The summed E-state index contributed by atoms with van der Waals surface area (Å²) in [4.78, 5) is 23.1. The van der Waals surface area contributed by atoms with E-state index < -0.39 is 23.9 Å². The van der Waals surface area contributed by atoms with E-state index in [1.807, 2.05) is 0 Å². The number of carboxylic acids is 1. The lowest BCUT2D eigenvalue weighted by atomic mass is 9.90. The molecule has 1 heterocycles. The fourth-order valence-electron chi connectivity index (χ4n) is 1.82. The lowest BCUT2D eigenvalue weighted by Gasteiger charge is -2.33. The zero-order chi connectivity index (χ0) is 13.8. The summed E-state index contributed by atoms with van der Waals surface area (Å²) in [6, 6.07) is 0. The second kappa shape index (κ2) is 5.79. The summed E-state index contributed by atoms with van der Waals surface area (Å²) in [5.41, 5.74) is 0. The number of alkyl halides is 2. The van der Waals surface area contributed by atoms with Gasteiger partial charge in [0.25, 0.3) is 0 Å². The Morgan fingerprint density at radius 1 is 1.44 bits per heavy atom. The van der Waals surface area contributed by atoms with Gasteiger partial charge in [0.2, 0.25) is 0 Å². The van der Waals surface area contributed by atoms with Gasteiger partial charge >= 0.3 is 18.0 Å². The molecule has 0 atom stereocenters. The third-order valence-electron chi connectivity index (χ3n) is 2.88. The monoisotopic (exact) mass is 263 g/mol. The van der Waals surface area contributed by atoms with Crippen LogP contribution in [0, 0.1) is 5.92 Å². The third-order valence-corrected chi connectivity index (χ3v) is 2.88. The standard InChI is InChI=1S/C11H15F2NO4/c1-2-7-18-10(17)14-5-3-8(4-6-14)11(12,13)9(15)16/h2,8H,1,3-7H2,(H,15,16). The first kappa shape index (κ1) is 14.4. The van der Waals surface area contributed by atoms with Crippen molar-refractivity contribution in [1.29, 1.82) is 0 Å². The average molecular weight is 263 g/mol. The highest BCUT2D eigenvalue weighted by Gasteiger charge is 2.48. The summed E-state index contributed by atoms with van der Waals surface area (Å²) >= 11 is 0. The van der Waals surface area contributed by atoms with Crippen LogP contribution in [0.25, 0.3) is 0 Å². The van der Waals surface area contributed by atoms with Gasteiger partial charge in [-0.15, -0.1) is 0 Å². The maximum atomic E-state index is 13.2. The minimum atomic E-state index is -3.74. The molecule has 1 fully saturated rings. The van der Waals surface area contributed by atoms with Gasteiger partial charge in [-0.05, 0) is 12.8 Å².